The third-order valence-electron chi connectivity index (χ3n) is 3.69. The normalized spacial score (nSPS) is 39.2. The fraction of sp³-hybridized carbons (Fsp3) is 0.533. The number of carbonyl (C=O) groups is 1. The Kier molecular flexibility index (Phi) is 3.71. The number of allylic oxidation sites excluding steroid dienone is 2. The van der Waals surface area contributed by atoms with Crippen molar-refractivity contribution in [3.63, 3.8) is 0 Å². The van der Waals surface area contributed by atoms with E-state index >= 15 is 0 Å². The van der Waals surface area contributed by atoms with Gasteiger partial charge in [-0.05, 0) is 39.2 Å². The molecule has 0 amide bonds. The predicted molar refractivity (Wildman–Crippen MR) is 69.9 cm³/mol. The molecular formula is C15H20O3. The van der Waals surface area contributed by atoms with E-state index in [9.17, 15) is 9.90 Å². The van der Waals surface area contributed by atoms with Crippen LogP contribution < -0.4 is 0 Å². The van der Waals surface area contributed by atoms with Crippen LogP contribution in [0.25, 0.3) is 0 Å². The summed E-state index contributed by atoms with van der Waals surface area (Å²) < 4.78 is 5.29. The smallest absolute Gasteiger partial charge is 0.334 e. The quantitative estimate of drug-likeness (QED) is 0.407. The van der Waals surface area contributed by atoms with E-state index in [-0.39, 0.29) is 18.0 Å². The van der Waals surface area contributed by atoms with Crippen molar-refractivity contribution in [1.82, 2.24) is 0 Å². The largest absolute Gasteiger partial charge is 0.454 e. The van der Waals surface area contributed by atoms with Gasteiger partial charge in [-0.3, -0.25) is 0 Å². The second-order valence-corrected chi connectivity index (χ2v) is 5.29. The maximum atomic E-state index is 11.6. The first-order valence-electron chi connectivity index (χ1n) is 6.40. The van der Waals surface area contributed by atoms with E-state index in [1.54, 1.807) is 0 Å². The zero-order valence-electron chi connectivity index (χ0n) is 11.0. The molecule has 0 saturated carbocycles. The number of hydrogen-bond donors (Lipinski definition) is 1. The van der Waals surface area contributed by atoms with E-state index in [2.05, 4.69) is 12.7 Å². The lowest BCUT2D eigenvalue weighted by atomic mass is 9.86. The van der Waals surface area contributed by atoms with Crippen LogP contribution in [0, 0.1) is 5.92 Å². The number of carbonyl (C=O) groups excluding carboxylic acids is 1. The number of aliphatic hydroxyl groups is 1. The molecule has 2 aliphatic rings. The molecule has 0 aromatic heterocycles. The van der Waals surface area contributed by atoms with Gasteiger partial charge in [-0.1, -0.05) is 23.8 Å². The van der Waals surface area contributed by atoms with Gasteiger partial charge in [0.25, 0.3) is 0 Å². The zero-order valence-corrected chi connectivity index (χ0v) is 11.0. The average Bonchev–Trinajstić information content (AvgIpc) is 2.53. The van der Waals surface area contributed by atoms with E-state index in [4.69, 9.17) is 4.74 Å². The van der Waals surface area contributed by atoms with Crippen molar-refractivity contribution < 1.29 is 14.6 Å². The van der Waals surface area contributed by atoms with Crippen LogP contribution in [0.5, 0.6) is 0 Å². The number of aliphatic hydroxyl groups excluding tert-OH is 1. The minimum atomic E-state index is -0.604. The summed E-state index contributed by atoms with van der Waals surface area (Å²) >= 11 is 0. The molecule has 1 aliphatic carbocycles. The summed E-state index contributed by atoms with van der Waals surface area (Å²) in [5, 5.41) is 10.3. The molecule has 18 heavy (non-hydrogen) atoms. The first-order valence-corrected chi connectivity index (χ1v) is 6.40. The van der Waals surface area contributed by atoms with Crippen LogP contribution in [0.4, 0.5) is 0 Å². The fourth-order valence-electron chi connectivity index (χ4n) is 2.65. The third kappa shape index (κ3) is 2.56. The molecule has 0 aromatic rings. The third-order valence-corrected chi connectivity index (χ3v) is 3.69. The number of hydrogen-bond acceptors (Lipinski definition) is 3. The Morgan fingerprint density at radius 2 is 2.11 bits per heavy atom. The van der Waals surface area contributed by atoms with E-state index < -0.39 is 6.10 Å². The van der Waals surface area contributed by atoms with Crippen LogP contribution >= 0.6 is 0 Å². The SMILES string of the molecule is C=C1C(=O)O[C@@H]2/C=C(/C)CC/C=C(/C)C[C@H](O)[C@@H]12. The monoisotopic (exact) mass is 248 g/mol. The molecule has 0 spiro atoms. The number of rotatable bonds is 0. The first-order chi connectivity index (χ1) is 8.49. The molecule has 1 aliphatic heterocycles. The molecule has 3 atom stereocenters. The molecule has 1 N–H and O–H groups in total. The van der Waals surface area contributed by atoms with Gasteiger partial charge in [0.2, 0.25) is 0 Å². The van der Waals surface area contributed by atoms with Crippen LogP contribution in [-0.2, 0) is 9.53 Å². The van der Waals surface area contributed by atoms with E-state index in [0.717, 1.165) is 18.4 Å². The highest BCUT2D eigenvalue weighted by atomic mass is 16.6. The minimum absolute atomic E-state index is 0.311. The Labute approximate surface area is 108 Å². The average molecular weight is 248 g/mol. The lowest BCUT2D eigenvalue weighted by Crippen LogP contribution is -2.28. The number of fused-ring (bicyclic) bond motifs is 1. The predicted octanol–water partition coefficient (Wildman–Crippen LogP) is 2.52. The Morgan fingerprint density at radius 3 is 2.83 bits per heavy atom. The molecule has 3 nitrogen and oxygen atoms in total. The van der Waals surface area contributed by atoms with Gasteiger partial charge in [0, 0.05) is 5.57 Å². The maximum Gasteiger partial charge on any atom is 0.334 e. The van der Waals surface area contributed by atoms with Crippen LogP contribution in [0.2, 0.25) is 0 Å². The second-order valence-electron chi connectivity index (χ2n) is 5.29. The summed E-state index contributed by atoms with van der Waals surface area (Å²) in [5.41, 5.74) is 2.73. The summed E-state index contributed by atoms with van der Waals surface area (Å²) in [5.74, 6) is -0.692. The molecule has 3 heteroatoms. The highest BCUT2D eigenvalue weighted by Gasteiger charge is 2.41. The lowest BCUT2D eigenvalue weighted by Gasteiger charge is -2.23. The van der Waals surface area contributed by atoms with Crippen molar-refractivity contribution in [2.45, 2.75) is 45.3 Å². The van der Waals surface area contributed by atoms with Gasteiger partial charge in [-0.2, -0.15) is 0 Å². The highest BCUT2D eigenvalue weighted by Crippen LogP contribution is 2.34. The van der Waals surface area contributed by atoms with Gasteiger partial charge >= 0.3 is 5.97 Å². The highest BCUT2D eigenvalue weighted by molar-refractivity contribution is 5.91. The van der Waals surface area contributed by atoms with Gasteiger partial charge in [0.05, 0.1) is 12.0 Å². The molecule has 0 bridgehead atoms. The molecule has 1 fully saturated rings. The van der Waals surface area contributed by atoms with Gasteiger partial charge in [0.1, 0.15) is 6.10 Å². The topological polar surface area (TPSA) is 46.5 Å². The summed E-state index contributed by atoms with van der Waals surface area (Å²) in [6.45, 7) is 7.81. The van der Waals surface area contributed by atoms with Crippen molar-refractivity contribution in [1.29, 1.82) is 0 Å². The van der Waals surface area contributed by atoms with Crippen LogP contribution in [-0.4, -0.2) is 23.3 Å². The van der Waals surface area contributed by atoms with Crippen molar-refractivity contribution in [3.8, 4) is 0 Å². The molecule has 98 valence electrons. The Bertz CT molecular complexity index is 431. The molecule has 1 saturated heterocycles. The van der Waals surface area contributed by atoms with E-state index in [1.165, 1.54) is 5.57 Å². The first kappa shape index (κ1) is 13.1. The molecular weight excluding hydrogens is 228 g/mol. The van der Waals surface area contributed by atoms with Crippen LogP contribution in [0.15, 0.2) is 35.5 Å². The van der Waals surface area contributed by atoms with Gasteiger partial charge in [-0.25, -0.2) is 4.79 Å². The standard InChI is InChI=1S/C15H20O3/c1-9-5-4-6-10(2)8-13-14(12(16)7-9)11(3)15(17)18-13/h5,8,12-14,16H,3-4,6-7H2,1-2H3/b9-5-,10-8-/t12-,13+,14+/m0/s1. The zero-order chi connectivity index (χ0) is 13.3. The molecule has 0 unspecified atom stereocenters. The fourth-order valence-corrected chi connectivity index (χ4v) is 2.65. The lowest BCUT2D eigenvalue weighted by molar-refractivity contribution is -0.137. The van der Waals surface area contributed by atoms with Crippen molar-refractivity contribution in [3.05, 3.63) is 35.5 Å². The number of ether oxygens (including phenoxy) is 1. The van der Waals surface area contributed by atoms with Crippen molar-refractivity contribution in [2.24, 2.45) is 5.92 Å². The van der Waals surface area contributed by atoms with Crippen molar-refractivity contribution >= 4 is 5.97 Å². The molecule has 2 rings (SSSR count). The summed E-state index contributed by atoms with van der Waals surface area (Å²) in [6.07, 6.45) is 5.65. The molecule has 0 aromatic carbocycles. The van der Waals surface area contributed by atoms with Crippen LogP contribution in [0.1, 0.15) is 33.1 Å². The van der Waals surface area contributed by atoms with Gasteiger partial charge in [0.15, 0.2) is 0 Å². The number of esters is 1. The van der Waals surface area contributed by atoms with Crippen molar-refractivity contribution in [2.75, 3.05) is 0 Å². The van der Waals surface area contributed by atoms with Gasteiger partial charge < -0.3 is 9.84 Å². The maximum absolute atomic E-state index is 11.6. The summed E-state index contributed by atoms with van der Waals surface area (Å²) in [7, 11) is 0. The minimum Gasteiger partial charge on any atom is -0.454 e. The van der Waals surface area contributed by atoms with Crippen LogP contribution in [0.3, 0.4) is 0 Å². The van der Waals surface area contributed by atoms with Gasteiger partial charge in [-0.15, -0.1) is 0 Å². The second kappa shape index (κ2) is 5.11. The van der Waals surface area contributed by atoms with E-state index in [1.807, 2.05) is 19.9 Å². The summed E-state index contributed by atoms with van der Waals surface area (Å²) in [6, 6.07) is 0. The molecule has 0 radical (unpaired) electrons. The Balaban J connectivity index is 2.33. The van der Waals surface area contributed by atoms with E-state index in [0.29, 0.717) is 12.0 Å². The Morgan fingerprint density at radius 1 is 1.39 bits per heavy atom. The Hall–Kier alpha value is -1.35. The summed E-state index contributed by atoms with van der Waals surface area (Å²) in [4.78, 5) is 11.6. The molecule has 1 heterocycles.